The van der Waals surface area contributed by atoms with Crippen LogP contribution in [0.25, 0.3) is 0 Å². The lowest BCUT2D eigenvalue weighted by atomic mass is 10.1. The number of carbonyl (C=O) groups excluding carboxylic acids is 1. The first-order chi connectivity index (χ1) is 7.63. The Labute approximate surface area is 111 Å². The normalized spacial score (nSPS) is 12.2. The van der Waals surface area contributed by atoms with Gasteiger partial charge in [-0.3, -0.25) is 4.79 Å². The van der Waals surface area contributed by atoms with Gasteiger partial charge in [0, 0.05) is 9.99 Å². The molecule has 0 aromatic heterocycles. The van der Waals surface area contributed by atoms with E-state index in [4.69, 9.17) is 4.74 Å². The lowest BCUT2D eigenvalue weighted by molar-refractivity contribution is -0.125. The molecule has 0 heterocycles. The molecule has 1 aromatic carbocycles. The fraction of sp³-hybridized carbons (Fsp3) is 0.462. The predicted molar refractivity (Wildman–Crippen MR) is 73.8 cm³/mol. The number of carbonyl (C=O) groups is 1. The van der Waals surface area contributed by atoms with E-state index in [0.29, 0.717) is 6.42 Å². The highest BCUT2D eigenvalue weighted by Gasteiger charge is 2.13. The number of Topliss-reactive ketones (excluding diaryl/α,β-unsaturated/α-hetero) is 1. The van der Waals surface area contributed by atoms with Crippen molar-refractivity contribution in [1.82, 2.24) is 0 Å². The minimum Gasteiger partial charge on any atom is -0.483 e. The molecule has 0 aliphatic rings. The molecule has 2 nitrogen and oxygen atoms in total. The summed E-state index contributed by atoms with van der Waals surface area (Å²) in [4.78, 5) is 11.6. The van der Waals surface area contributed by atoms with Crippen LogP contribution in [0.3, 0.4) is 0 Å². The largest absolute Gasteiger partial charge is 0.483 e. The van der Waals surface area contributed by atoms with E-state index in [9.17, 15) is 4.79 Å². The number of halogens is 1. The summed E-state index contributed by atoms with van der Waals surface area (Å²) in [5.74, 6) is 0.943. The van der Waals surface area contributed by atoms with Gasteiger partial charge in [0.05, 0.1) is 0 Å². The molecule has 0 radical (unpaired) electrons. The molecule has 0 N–H and O–H groups in total. The van der Waals surface area contributed by atoms with Crippen LogP contribution in [0.4, 0.5) is 0 Å². The maximum absolute atomic E-state index is 11.6. The van der Waals surface area contributed by atoms with Crippen LogP contribution in [0, 0.1) is 3.57 Å². The molecule has 0 amide bonds. The summed E-state index contributed by atoms with van der Waals surface area (Å²) < 4.78 is 6.74. The van der Waals surface area contributed by atoms with Gasteiger partial charge in [0.15, 0.2) is 11.9 Å². The number of rotatable bonds is 6. The van der Waals surface area contributed by atoms with Crippen LogP contribution in [-0.4, -0.2) is 11.9 Å². The third kappa shape index (κ3) is 4.51. The summed E-state index contributed by atoms with van der Waals surface area (Å²) >= 11 is 2.24. The monoisotopic (exact) mass is 332 g/mol. The fourth-order valence-electron chi connectivity index (χ4n) is 1.34. The topological polar surface area (TPSA) is 26.3 Å². The summed E-state index contributed by atoms with van der Waals surface area (Å²) in [6.45, 7) is 3.90. The molecule has 1 unspecified atom stereocenters. The lowest BCUT2D eigenvalue weighted by Crippen LogP contribution is -2.23. The van der Waals surface area contributed by atoms with Gasteiger partial charge >= 0.3 is 0 Å². The van der Waals surface area contributed by atoms with Crippen molar-refractivity contribution >= 4 is 28.4 Å². The molecule has 88 valence electrons. The highest BCUT2D eigenvalue weighted by atomic mass is 127. The Kier molecular flexibility index (Phi) is 5.80. The Morgan fingerprint density at radius 1 is 1.38 bits per heavy atom. The van der Waals surface area contributed by atoms with Crippen molar-refractivity contribution in [1.29, 1.82) is 0 Å². The molecule has 1 rings (SSSR count). The smallest absolute Gasteiger partial charge is 0.172 e. The zero-order valence-electron chi connectivity index (χ0n) is 9.70. The third-order valence-corrected chi connectivity index (χ3v) is 3.08. The van der Waals surface area contributed by atoms with E-state index in [1.807, 2.05) is 31.2 Å². The zero-order valence-corrected chi connectivity index (χ0v) is 11.9. The predicted octanol–water partition coefficient (Wildman–Crippen LogP) is 3.82. The van der Waals surface area contributed by atoms with E-state index in [-0.39, 0.29) is 11.9 Å². The number of ether oxygens (including phenoxy) is 1. The molecule has 0 spiro atoms. The first kappa shape index (κ1) is 13.5. The van der Waals surface area contributed by atoms with Gasteiger partial charge in [-0.25, -0.2) is 0 Å². The van der Waals surface area contributed by atoms with E-state index in [1.54, 1.807) is 0 Å². The summed E-state index contributed by atoms with van der Waals surface area (Å²) in [7, 11) is 0. The number of ketones is 1. The van der Waals surface area contributed by atoms with Crippen molar-refractivity contribution in [2.45, 2.75) is 39.2 Å². The summed E-state index contributed by atoms with van der Waals surface area (Å²) in [5, 5.41) is 0. The Morgan fingerprint density at radius 2 is 2.00 bits per heavy atom. The highest BCUT2D eigenvalue weighted by Crippen LogP contribution is 2.15. The van der Waals surface area contributed by atoms with Crippen LogP contribution in [0.2, 0.25) is 0 Å². The molecule has 16 heavy (non-hydrogen) atoms. The molecular formula is C13H17IO2. The van der Waals surface area contributed by atoms with Gasteiger partial charge in [-0.1, -0.05) is 13.3 Å². The van der Waals surface area contributed by atoms with Crippen molar-refractivity contribution in [3.8, 4) is 5.75 Å². The van der Waals surface area contributed by atoms with Crippen molar-refractivity contribution in [2.24, 2.45) is 0 Å². The molecule has 1 aromatic rings. The van der Waals surface area contributed by atoms with E-state index in [1.165, 1.54) is 0 Å². The number of hydrogen-bond donors (Lipinski definition) is 0. The van der Waals surface area contributed by atoms with Gasteiger partial charge < -0.3 is 4.74 Å². The van der Waals surface area contributed by atoms with Gasteiger partial charge in [0.25, 0.3) is 0 Å². The molecule has 0 aliphatic carbocycles. The van der Waals surface area contributed by atoms with Gasteiger partial charge in [0.1, 0.15) is 5.75 Å². The Hall–Kier alpha value is -0.580. The quantitative estimate of drug-likeness (QED) is 0.741. The van der Waals surface area contributed by atoms with E-state index < -0.39 is 0 Å². The minimum absolute atomic E-state index is 0.181. The first-order valence-corrected chi connectivity index (χ1v) is 6.66. The van der Waals surface area contributed by atoms with Crippen molar-refractivity contribution < 1.29 is 9.53 Å². The van der Waals surface area contributed by atoms with Crippen molar-refractivity contribution in [3.05, 3.63) is 27.8 Å². The molecule has 1 atom stereocenters. The summed E-state index contributed by atoms with van der Waals surface area (Å²) in [5.41, 5.74) is 0. The second-order valence-corrected chi connectivity index (χ2v) is 5.03. The average molecular weight is 332 g/mol. The molecular weight excluding hydrogens is 315 g/mol. The lowest BCUT2D eigenvalue weighted by Gasteiger charge is -2.13. The van der Waals surface area contributed by atoms with E-state index >= 15 is 0 Å². The van der Waals surface area contributed by atoms with Crippen LogP contribution < -0.4 is 4.74 Å². The zero-order chi connectivity index (χ0) is 12.0. The Morgan fingerprint density at radius 3 is 2.56 bits per heavy atom. The summed E-state index contributed by atoms with van der Waals surface area (Å²) in [6.07, 6.45) is 2.26. The third-order valence-electron chi connectivity index (χ3n) is 2.36. The van der Waals surface area contributed by atoms with Gasteiger partial charge in [-0.05, 0) is 60.2 Å². The Balaban J connectivity index is 2.47. The van der Waals surface area contributed by atoms with Crippen LogP contribution in [-0.2, 0) is 4.79 Å². The van der Waals surface area contributed by atoms with Gasteiger partial charge in [0.2, 0.25) is 0 Å². The molecule has 0 fully saturated rings. The van der Waals surface area contributed by atoms with Crippen LogP contribution in [0.1, 0.15) is 33.1 Å². The summed E-state index contributed by atoms with van der Waals surface area (Å²) in [6, 6.07) is 7.73. The maximum Gasteiger partial charge on any atom is 0.172 e. The van der Waals surface area contributed by atoms with Crippen LogP contribution in [0.15, 0.2) is 24.3 Å². The SMILES string of the molecule is CCCCC(=O)C(C)Oc1ccc(I)cc1. The highest BCUT2D eigenvalue weighted by molar-refractivity contribution is 14.1. The average Bonchev–Trinajstić information content (AvgIpc) is 2.29. The maximum atomic E-state index is 11.6. The number of unbranched alkanes of at least 4 members (excludes halogenated alkanes) is 1. The molecule has 0 saturated heterocycles. The van der Waals surface area contributed by atoms with Crippen molar-refractivity contribution in [2.75, 3.05) is 0 Å². The van der Waals surface area contributed by atoms with Crippen LogP contribution in [0.5, 0.6) is 5.75 Å². The number of hydrogen-bond acceptors (Lipinski definition) is 2. The molecule has 0 bridgehead atoms. The van der Waals surface area contributed by atoms with Gasteiger partial charge in [-0.2, -0.15) is 0 Å². The first-order valence-electron chi connectivity index (χ1n) is 5.58. The standard InChI is InChI=1S/C13H17IO2/c1-3-4-5-13(15)10(2)16-12-8-6-11(14)7-9-12/h6-10H,3-5H2,1-2H3. The number of benzene rings is 1. The molecule has 3 heteroatoms. The Bertz CT molecular complexity index is 332. The van der Waals surface area contributed by atoms with Crippen LogP contribution >= 0.6 is 22.6 Å². The molecule has 0 aliphatic heterocycles. The second kappa shape index (κ2) is 6.89. The second-order valence-electron chi connectivity index (χ2n) is 3.78. The molecule has 0 saturated carbocycles. The van der Waals surface area contributed by atoms with Crippen molar-refractivity contribution in [3.63, 3.8) is 0 Å². The van der Waals surface area contributed by atoms with E-state index in [2.05, 4.69) is 29.5 Å². The van der Waals surface area contributed by atoms with E-state index in [0.717, 1.165) is 22.2 Å². The fourth-order valence-corrected chi connectivity index (χ4v) is 1.70. The van der Waals surface area contributed by atoms with Gasteiger partial charge in [-0.15, -0.1) is 0 Å². The minimum atomic E-state index is -0.341.